The average molecular weight is 359 g/mol. The van der Waals surface area contributed by atoms with Crippen molar-refractivity contribution in [1.82, 2.24) is 5.43 Å². The minimum absolute atomic E-state index is 0.198. The summed E-state index contributed by atoms with van der Waals surface area (Å²) < 4.78 is 84.0. The van der Waals surface area contributed by atoms with Crippen LogP contribution in [0.5, 0.6) is 11.5 Å². The van der Waals surface area contributed by atoms with Crippen LogP contribution in [0.2, 0.25) is 0 Å². The van der Waals surface area contributed by atoms with Gasteiger partial charge < -0.3 is 15.2 Å². The van der Waals surface area contributed by atoms with Crippen molar-refractivity contribution in [2.24, 2.45) is 10.8 Å². The summed E-state index contributed by atoms with van der Waals surface area (Å²) in [7, 11) is 1.03. The largest absolute Gasteiger partial charge is 0.493 e. The van der Waals surface area contributed by atoms with Crippen molar-refractivity contribution in [1.29, 1.82) is 0 Å². The van der Waals surface area contributed by atoms with Crippen LogP contribution in [0.25, 0.3) is 0 Å². The number of urea groups is 1. The number of nitrogens with two attached hydrogens (primary N) is 1. The highest BCUT2D eigenvalue weighted by molar-refractivity contribution is 5.82. The molecule has 2 amide bonds. The average Bonchev–Trinajstić information content (AvgIpc) is 2.46. The number of alkyl halides is 6. The smallest absolute Gasteiger partial charge is 0.439 e. The van der Waals surface area contributed by atoms with Gasteiger partial charge in [-0.25, -0.2) is 14.6 Å². The number of amides is 2. The van der Waals surface area contributed by atoms with Crippen molar-refractivity contribution >= 4 is 12.2 Å². The summed E-state index contributed by atoms with van der Waals surface area (Å²) >= 11 is 0. The second-order valence-corrected chi connectivity index (χ2v) is 4.21. The molecule has 6 nitrogen and oxygen atoms in total. The Labute approximate surface area is 131 Å². The van der Waals surface area contributed by atoms with E-state index >= 15 is 0 Å². The Balaban J connectivity index is 3.00. The number of hydrogen-bond donors (Lipinski definition) is 2. The molecule has 0 spiro atoms. The van der Waals surface area contributed by atoms with Crippen LogP contribution in [-0.4, -0.2) is 37.8 Å². The Morgan fingerprint density at radius 2 is 1.92 bits per heavy atom. The molecule has 0 heterocycles. The van der Waals surface area contributed by atoms with Crippen LogP contribution in [0, 0.1) is 0 Å². The highest BCUT2D eigenvalue weighted by Crippen LogP contribution is 2.39. The molecule has 0 bridgehead atoms. The molecule has 1 aromatic carbocycles. The Bertz CT molecular complexity index is 621. The summed E-state index contributed by atoms with van der Waals surface area (Å²) in [5, 5.41) is 3.38. The van der Waals surface area contributed by atoms with Gasteiger partial charge in [-0.1, -0.05) is 0 Å². The first-order chi connectivity index (χ1) is 11.0. The van der Waals surface area contributed by atoms with Gasteiger partial charge in [0.05, 0.1) is 13.3 Å². The van der Waals surface area contributed by atoms with Crippen LogP contribution in [0.4, 0.5) is 31.1 Å². The maximum atomic E-state index is 13.2. The van der Waals surface area contributed by atoms with E-state index in [1.54, 1.807) is 0 Å². The van der Waals surface area contributed by atoms with Crippen LogP contribution in [0.15, 0.2) is 23.3 Å². The van der Waals surface area contributed by atoms with Crippen molar-refractivity contribution in [3.05, 3.63) is 23.8 Å². The number of hydrazone groups is 1. The minimum Gasteiger partial charge on any atom is -0.493 e. The molecule has 0 aliphatic carbocycles. The summed E-state index contributed by atoms with van der Waals surface area (Å²) in [6, 6.07) is 2.01. The van der Waals surface area contributed by atoms with E-state index in [9.17, 15) is 31.1 Å². The fraction of sp³-hybridized carbons (Fsp3) is 0.333. The number of rotatable bonds is 6. The first kappa shape index (κ1) is 19.4. The third-order valence-corrected chi connectivity index (χ3v) is 2.40. The number of carbonyl (C=O) groups is 1. The molecule has 0 radical (unpaired) electrons. The molecule has 0 aliphatic heterocycles. The van der Waals surface area contributed by atoms with E-state index in [0.717, 1.165) is 31.5 Å². The maximum absolute atomic E-state index is 13.2. The van der Waals surface area contributed by atoms with Crippen molar-refractivity contribution in [2.45, 2.75) is 18.5 Å². The second kappa shape index (κ2) is 7.27. The Kier molecular flexibility index (Phi) is 5.88. The molecule has 0 aliphatic rings. The highest BCUT2D eigenvalue weighted by atomic mass is 19.4. The number of methoxy groups -OCH3 is 1. The van der Waals surface area contributed by atoms with E-state index in [1.165, 1.54) is 0 Å². The summed E-state index contributed by atoms with van der Waals surface area (Å²) in [4.78, 5) is 10.4. The molecule has 1 atom stereocenters. The molecule has 1 unspecified atom stereocenters. The maximum Gasteiger partial charge on any atom is 0.439 e. The standard InChI is InChI=1S/C12H11F6N3O3/c1-23-8-4-6(5-20-21-10(19)22)2-3-7(8)24-12(17,18)9(13)11(14,15)16/h2-5,9H,1H3,(H3,19,21,22). The van der Waals surface area contributed by atoms with E-state index in [4.69, 9.17) is 5.73 Å². The predicted octanol–water partition coefficient (Wildman–Crippen LogP) is 2.57. The molecule has 1 aromatic rings. The Hall–Kier alpha value is -2.66. The Morgan fingerprint density at radius 3 is 2.42 bits per heavy atom. The molecule has 0 fully saturated rings. The molecule has 0 aromatic heterocycles. The number of hydrogen-bond acceptors (Lipinski definition) is 4. The lowest BCUT2D eigenvalue weighted by atomic mass is 10.2. The monoisotopic (exact) mass is 359 g/mol. The molecule has 12 heteroatoms. The van der Waals surface area contributed by atoms with Gasteiger partial charge in [-0.15, -0.1) is 0 Å². The van der Waals surface area contributed by atoms with Gasteiger partial charge in [0.1, 0.15) is 0 Å². The van der Waals surface area contributed by atoms with Gasteiger partial charge in [0.25, 0.3) is 6.17 Å². The van der Waals surface area contributed by atoms with Crippen LogP contribution in [0.3, 0.4) is 0 Å². The fourth-order valence-electron chi connectivity index (χ4n) is 1.41. The molecule has 24 heavy (non-hydrogen) atoms. The zero-order chi connectivity index (χ0) is 18.5. The third-order valence-electron chi connectivity index (χ3n) is 2.40. The molecule has 134 valence electrons. The topological polar surface area (TPSA) is 85.9 Å². The van der Waals surface area contributed by atoms with Gasteiger partial charge >= 0.3 is 18.3 Å². The second-order valence-electron chi connectivity index (χ2n) is 4.21. The molecular weight excluding hydrogens is 348 g/mol. The third kappa shape index (κ3) is 5.21. The first-order valence-electron chi connectivity index (χ1n) is 6.01. The number of carbonyl (C=O) groups excluding carboxylic acids is 1. The number of nitrogens with one attached hydrogen (secondary N) is 1. The molecule has 0 saturated carbocycles. The predicted molar refractivity (Wildman–Crippen MR) is 69.8 cm³/mol. The fourth-order valence-corrected chi connectivity index (χ4v) is 1.41. The number of primary amides is 1. The van der Waals surface area contributed by atoms with Crippen molar-refractivity contribution in [3.8, 4) is 11.5 Å². The quantitative estimate of drug-likeness (QED) is 0.465. The van der Waals surface area contributed by atoms with E-state index in [-0.39, 0.29) is 5.56 Å². The highest BCUT2D eigenvalue weighted by Gasteiger charge is 2.59. The lowest BCUT2D eigenvalue weighted by molar-refractivity contribution is -0.305. The van der Waals surface area contributed by atoms with Gasteiger partial charge in [-0.05, 0) is 23.8 Å². The number of ether oxygens (including phenoxy) is 2. The van der Waals surface area contributed by atoms with Gasteiger partial charge in [-0.3, -0.25) is 0 Å². The van der Waals surface area contributed by atoms with E-state index in [0.29, 0.717) is 0 Å². The van der Waals surface area contributed by atoms with E-state index in [1.807, 2.05) is 5.43 Å². The number of nitrogens with zero attached hydrogens (tertiary/aromatic N) is 1. The van der Waals surface area contributed by atoms with Crippen molar-refractivity contribution in [3.63, 3.8) is 0 Å². The van der Waals surface area contributed by atoms with Crippen LogP contribution >= 0.6 is 0 Å². The van der Waals surface area contributed by atoms with Crippen LogP contribution < -0.4 is 20.6 Å². The summed E-state index contributed by atoms with van der Waals surface area (Å²) in [5.74, 6) is -1.23. The lowest BCUT2D eigenvalue weighted by Crippen LogP contribution is -2.45. The SMILES string of the molecule is COc1cc(C=NNC(N)=O)ccc1OC(F)(F)C(F)C(F)(F)F. The first-order valence-corrected chi connectivity index (χ1v) is 6.01. The number of halogens is 6. The van der Waals surface area contributed by atoms with Gasteiger partial charge in [-0.2, -0.15) is 27.1 Å². The normalized spacial score (nSPS) is 13.6. The van der Waals surface area contributed by atoms with Crippen molar-refractivity contribution < 1.29 is 40.6 Å². The Morgan fingerprint density at radius 1 is 1.29 bits per heavy atom. The zero-order valence-corrected chi connectivity index (χ0v) is 11.9. The van der Waals surface area contributed by atoms with Crippen molar-refractivity contribution in [2.75, 3.05) is 7.11 Å². The molecule has 3 N–H and O–H groups in total. The molecule has 1 rings (SSSR count). The van der Waals surface area contributed by atoms with E-state index in [2.05, 4.69) is 14.6 Å². The van der Waals surface area contributed by atoms with Gasteiger partial charge in [0.2, 0.25) is 0 Å². The molecular formula is C12H11F6N3O3. The van der Waals surface area contributed by atoms with Crippen LogP contribution in [-0.2, 0) is 0 Å². The van der Waals surface area contributed by atoms with Gasteiger partial charge in [0, 0.05) is 0 Å². The zero-order valence-electron chi connectivity index (χ0n) is 11.9. The lowest BCUT2D eigenvalue weighted by Gasteiger charge is -2.23. The summed E-state index contributed by atoms with van der Waals surface area (Å²) in [6.45, 7) is 0. The number of benzene rings is 1. The van der Waals surface area contributed by atoms with Crippen LogP contribution in [0.1, 0.15) is 5.56 Å². The molecule has 0 saturated heterocycles. The van der Waals surface area contributed by atoms with Gasteiger partial charge in [0.15, 0.2) is 11.5 Å². The minimum atomic E-state index is -5.80. The summed E-state index contributed by atoms with van der Waals surface area (Å²) in [5.41, 5.74) is 6.81. The summed E-state index contributed by atoms with van der Waals surface area (Å²) in [6.07, 6.45) is -14.4. The van der Waals surface area contributed by atoms with E-state index < -0.39 is 36.0 Å².